The van der Waals surface area contributed by atoms with Crippen molar-refractivity contribution in [3.8, 4) is 0 Å². The highest BCUT2D eigenvalue weighted by Crippen LogP contribution is 2.28. The predicted molar refractivity (Wildman–Crippen MR) is 53.3 cm³/mol. The first-order valence-corrected chi connectivity index (χ1v) is 5.29. The van der Waals surface area contributed by atoms with E-state index >= 15 is 0 Å². The molecule has 3 N–H and O–H groups in total. The van der Waals surface area contributed by atoms with E-state index in [0.29, 0.717) is 0 Å². The van der Waals surface area contributed by atoms with Gasteiger partial charge in [-0.1, -0.05) is 25.7 Å². The average molecular weight is 184 g/mol. The number of nitrogens with one attached hydrogen (secondary N) is 1. The summed E-state index contributed by atoms with van der Waals surface area (Å²) in [5.41, 5.74) is 5.16. The lowest BCUT2D eigenvalue weighted by Crippen LogP contribution is -2.31. The molecule has 1 aliphatic rings. The third kappa shape index (κ3) is 4.27. The minimum absolute atomic E-state index is 0.0357. The van der Waals surface area contributed by atoms with Crippen LogP contribution in [0.15, 0.2) is 0 Å². The summed E-state index contributed by atoms with van der Waals surface area (Å²) in [5.74, 6) is 0.890. The van der Waals surface area contributed by atoms with E-state index in [-0.39, 0.29) is 12.5 Å². The summed E-state index contributed by atoms with van der Waals surface area (Å²) in [7, 11) is 0. The molecule has 0 atom stereocenters. The van der Waals surface area contributed by atoms with Crippen LogP contribution in [0.4, 0.5) is 0 Å². The maximum absolute atomic E-state index is 10.8. The van der Waals surface area contributed by atoms with Crippen LogP contribution in [0.5, 0.6) is 0 Å². The molecule has 1 amide bonds. The fourth-order valence-corrected chi connectivity index (χ4v) is 1.99. The highest BCUT2D eigenvalue weighted by Gasteiger charge is 2.13. The van der Waals surface area contributed by atoms with Gasteiger partial charge < -0.3 is 11.1 Å². The third-order valence-corrected chi connectivity index (χ3v) is 2.77. The Bertz CT molecular complexity index is 153. The molecule has 0 bridgehead atoms. The minimum atomic E-state index is -0.0357. The van der Waals surface area contributed by atoms with Crippen LogP contribution < -0.4 is 11.1 Å². The second-order valence-corrected chi connectivity index (χ2v) is 3.85. The molecule has 1 saturated carbocycles. The molecule has 1 fully saturated rings. The van der Waals surface area contributed by atoms with Crippen molar-refractivity contribution in [2.75, 3.05) is 13.1 Å². The summed E-state index contributed by atoms with van der Waals surface area (Å²) >= 11 is 0. The van der Waals surface area contributed by atoms with E-state index in [1.807, 2.05) is 0 Å². The number of carbonyl (C=O) groups is 1. The second kappa shape index (κ2) is 5.97. The van der Waals surface area contributed by atoms with Crippen molar-refractivity contribution >= 4 is 5.91 Å². The van der Waals surface area contributed by atoms with Crippen LogP contribution in [-0.4, -0.2) is 19.0 Å². The molecule has 0 aliphatic heterocycles. The molecule has 0 heterocycles. The van der Waals surface area contributed by atoms with Crippen LogP contribution in [0.3, 0.4) is 0 Å². The first-order chi connectivity index (χ1) is 6.33. The van der Waals surface area contributed by atoms with E-state index in [1.54, 1.807) is 0 Å². The summed E-state index contributed by atoms with van der Waals surface area (Å²) in [6.07, 6.45) is 7.97. The first kappa shape index (κ1) is 10.5. The molecule has 3 nitrogen and oxygen atoms in total. The van der Waals surface area contributed by atoms with E-state index in [1.165, 1.54) is 32.1 Å². The van der Waals surface area contributed by atoms with Crippen molar-refractivity contribution in [2.24, 2.45) is 11.7 Å². The number of carbonyl (C=O) groups excluding carboxylic acids is 1. The summed E-state index contributed by atoms with van der Waals surface area (Å²) in [5, 5.41) is 2.79. The summed E-state index contributed by atoms with van der Waals surface area (Å²) in [4.78, 5) is 10.8. The summed E-state index contributed by atoms with van der Waals surface area (Å²) < 4.78 is 0. The monoisotopic (exact) mass is 184 g/mol. The second-order valence-electron chi connectivity index (χ2n) is 3.85. The van der Waals surface area contributed by atoms with Gasteiger partial charge in [-0.2, -0.15) is 0 Å². The molecule has 1 aliphatic carbocycles. The fraction of sp³-hybridized carbons (Fsp3) is 0.900. The number of nitrogens with two attached hydrogens (primary N) is 1. The Morgan fingerprint density at radius 3 is 2.69 bits per heavy atom. The van der Waals surface area contributed by atoms with Gasteiger partial charge in [-0.25, -0.2) is 0 Å². The number of amides is 1. The Morgan fingerprint density at radius 2 is 2.08 bits per heavy atom. The standard InChI is InChI=1S/C10H20N2O/c11-8-10(13)12-7-3-6-9-4-1-2-5-9/h9H,1-8,11H2,(H,12,13). The van der Waals surface area contributed by atoms with Gasteiger partial charge in [-0.05, 0) is 18.8 Å². The largest absolute Gasteiger partial charge is 0.355 e. The Hall–Kier alpha value is -0.570. The van der Waals surface area contributed by atoms with E-state index in [4.69, 9.17) is 5.73 Å². The van der Waals surface area contributed by atoms with Crippen molar-refractivity contribution in [1.29, 1.82) is 0 Å². The lowest BCUT2D eigenvalue weighted by atomic mass is 10.0. The number of hydrogen-bond donors (Lipinski definition) is 2. The highest BCUT2D eigenvalue weighted by atomic mass is 16.1. The van der Waals surface area contributed by atoms with Crippen molar-refractivity contribution in [3.05, 3.63) is 0 Å². The van der Waals surface area contributed by atoms with Crippen LogP contribution in [0.25, 0.3) is 0 Å². The molecule has 0 saturated heterocycles. The van der Waals surface area contributed by atoms with Gasteiger partial charge in [-0.15, -0.1) is 0 Å². The molecule has 3 heteroatoms. The molecule has 0 aromatic carbocycles. The molecular formula is C10H20N2O. The zero-order chi connectivity index (χ0) is 9.52. The fourth-order valence-electron chi connectivity index (χ4n) is 1.99. The van der Waals surface area contributed by atoms with E-state index in [9.17, 15) is 4.79 Å². The van der Waals surface area contributed by atoms with Crippen LogP contribution >= 0.6 is 0 Å². The minimum Gasteiger partial charge on any atom is -0.355 e. The van der Waals surface area contributed by atoms with E-state index in [0.717, 1.165) is 18.9 Å². The maximum atomic E-state index is 10.8. The number of hydrogen-bond acceptors (Lipinski definition) is 2. The lowest BCUT2D eigenvalue weighted by molar-refractivity contribution is -0.119. The van der Waals surface area contributed by atoms with Crippen molar-refractivity contribution < 1.29 is 4.79 Å². The van der Waals surface area contributed by atoms with Crippen molar-refractivity contribution in [3.63, 3.8) is 0 Å². The molecule has 0 unspecified atom stereocenters. The maximum Gasteiger partial charge on any atom is 0.233 e. The highest BCUT2D eigenvalue weighted by molar-refractivity contribution is 5.77. The molecular weight excluding hydrogens is 164 g/mol. The summed E-state index contributed by atoms with van der Waals surface area (Å²) in [6.45, 7) is 0.913. The van der Waals surface area contributed by atoms with E-state index in [2.05, 4.69) is 5.32 Å². The zero-order valence-electron chi connectivity index (χ0n) is 8.22. The van der Waals surface area contributed by atoms with Crippen LogP contribution in [-0.2, 0) is 4.79 Å². The smallest absolute Gasteiger partial charge is 0.233 e. The van der Waals surface area contributed by atoms with Gasteiger partial charge in [0, 0.05) is 6.54 Å². The summed E-state index contributed by atoms with van der Waals surface area (Å²) in [6, 6.07) is 0. The SMILES string of the molecule is NCC(=O)NCCCC1CCCC1. The molecule has 13 heavy (non-hydrogen) atoms. The topological polar surface area (TPSA) is 55.1 Å². The van der Waals surface area contributed by atoms with Crippen molar-refractivity contribution in [1.82, 2.24) is 5.32 Å². The molecule has 76 valence electrons. The van der Waals surface area contributed by atoms with Gasteiger partial charge in [0.2, 0.25) is 5.91 Å². The molecule has 0 aromatic heterocycles. The average Bonchev–Trinajstić information content (AvgIpc) is 2.64. The molecule has 0 spiro atoms. The van der Waals surface area contributed by atoms with Crippen LogP contribution in [0.1, 0.15) is 38.5 Å². The Morgan fingerprint density at radius 1 is 1.38 bits per heavy atom. The van der Waals surface area contributed by atoms with Gasteiger partial charge in [0.1, 0.15) is 0 Å². The molecule has 0 radical (unpaired) electrons. The van der Waals surface area contributed by atoms with Crippen molar-refractivity contribution in [2.45, 2.75) is 38.5 Å². The van der Waals surface area contributed by atoms with E-state index < -0.39 is 0 Å². The number of rotatable bonds is 5. The molecule has 0 aromatic rings. The van der Waals surface area contributed by atoms with Crippen LogP contribution in [0.2, 0.25) is 0 Å². The van der Waals surface area contributed by atoms with Gasteiger partial charge >= 0.3 is 0 Å². The third-order valence-electron chi connectivity index (χ3n) is 2.77. The quantitative estimate of drug-likeness (QED) is 0.627. The zero-order valence-corrected chi connectivity index (χ0v) is 8.22. The van der Waals surface area contributed by atoms with Gasteiger partial charge in [0.15, 0.2) is 0 Å². The predicted octanol–water partition coefficient (Wildman–Crippen LogP) is 1.03. The normalized spacial score (nSPS) is 17.6. The Kier molecular flexibility index (Phi) is 4.83. The van der Waals surface area contributed by atoms with Gasteiger partial charge in [0.05, 0.1) is 6.54 Å². The van der Waals surface area contributed by atoms with Gasteiger partial charge in [0.25, 0.3) is 0 Å². The Balaban J connectivity index is 1.91. The molecule has 1 rings (SSSR count). The lowest BCUT2D eigenvalue weighted by Gasteiger charge is -2.08. The first-order valence-electron chi connectivity index (χ1n) is 5.29. The Labute approximate surface area is 80.1 Å². The van der Waals surface area contributed by atoms with Gasteiger partial charge in [-0.3, -0.25) is 4.79 Å². The van der Waals surface area contributed by atoms with Crippen LogP contribution in [0, 0.1) is 5.92 Å².